The highest BCUT2D eigenvalue weighted by molar-refractivity contribution is 5.63. The molecule has 0 aromatic heterocycles. The van der Waals surface area contributed by atoms with Crippen molar-refractivity contribution in [2.75, 3.05) is 20.2 Å². The highest BCUT2D eigenvalue weighted by atomic mass is 16.6. The lowest BCUT2D eigenvalue weighted by molar-refractivity contribution is -0.312. The molecule has 1 saturated heterocycles. The van der Waals surface area contributed by atoms with Crippen molar-refractivity contribution in [1.82, 2.24) is 4.90 Å². The lowest BCUT2D eigenvalue weighted by atomic mass is 9.33. The normalized spacial score (nSPS) is 43.9. The third kappa shape index (κ3) is 2.25. The maximum Gasteiger partial charge on any atom is 0.165 e. The molecule has 5 heteroatoms. The van der Waals surface area contributed by atoms with Crippen molar-refractivity contribution < 1.29 is 19.7 Å². The van der Waals surface area contributed by atoms with E-state index in [1.165, 1.54) is 30.5 Å². The molecule has 2 heterocycles. The number of phenols is 1. The zero-order chi connectivity index (χ0) is 23.9. The van der Waals surface area contributed by atoms with Gasteiger partial charge >= 0.3 is 0 Å². The molecule has 7 atom stereocenters. The van der Waals surface area contributed by atoms with Crippen molar-refractivity contribution in [3.8, 4) is 11.5 Å². The van der Waals surface area contributed by atoms with Gasteiger partial charge in [0.25, 0.3) is 0 Å². The van der Waals surface area contributed by atoms with E-state index in [2.05, 4.69) is 31.7 Å². The third-order valence-electron chi connectivity index (χ3n) is 11.9. The number of methoxy groups -OCH3 is 1. The molecule has 0 radical (unpaired) electrons. The first-order valence-electron chi connectivity index (χ1n) is 13.6. The standard InChI is InChI=1S/C29H41NO4/c1-25(2,3)26(4,32)20-15-27-10-11-29(20,33-5)24-28(27)12-13-30(16-17-6-7-17)21(27)14-18-8-9-19(31)23(34-24)22(18)28/h8-9,17,20-21,24,31-32H,6-7,10-16H2,1-5H3/t20?,21-,24-,26-,27-,28+,29+/m1/s1. The van der Waals surface area contributed by atoms with Crippen molar-refractivity contribution in [3.63, 3.8) is 0 Å². The molecule has 4 bridgehead atoms. The monoisotopic (exact) mass is 467 g/mol. The Balaban J connectivity index is 1.47. The van der Waals surface area contributed by atoms with Crippen LogP contribution in [0.15, 0.2) is 12.1 Å². The Morgan fingerprint density at radius 1 is 1.15 bits per heavy atom. The molecular weight excluding hydrogens is 426 g/mol. The number of hydrogen-bond donors (Lipinski definition) is 2. The molecule has 5 fully saturated rings. The summed E-state index contributed by atoms with van der Waals surface area (Å²) in [5.74, 6) is 1.80. The minimum absolute atomic E-state index is 0.0294. The van der Waals surface area contributed by atoms with E-state index < -0.39 is 11.2 Å². The van der Waals surface area contributed by atoms with E-state index in [9.17, 15) is 10.2 Å². The van der Waals surface area contributed by atoms with E-state index in [0.29, 0.717) is 11.8 Å². The van der Waals surface area contributed by atoms with Crippen LogP contribution in [0.5, 0.6) is 11.5 Å². The molecular formula is C29H41NO4. The van der Waals surface area contributed by atoms with E-state index in [0.717, 1.165) is 44.6 Å². The Labute approximate surface area is 203 Å². The average molecular weight is 468 g/mol. The molecule has 4 saturated carbocycles. The van der Waals surface area contributed by atoms with Crippen molar-refractivity contribution in [3.05, 3.63) is 23.3 Å². The summed E-state index contributed by atoms with van der Waals surface area (Å²) >= 11 is 0. The smallest absolute Gasteiger partial charge is 0.165 e. The number of nitrogens with zero attached hydrogens (tertiary/aromatic N) is 1. The topological polar surface area (TPSA) is 62.2 Å². The van der Waals surface area contributed by atoms with E-state index in [4.69, 9.17) is 9.47 Å². The summed E-state index contributed by atoms with van der Waals surface area (Å²) in [6, 6.07) is 4.46. The first kappa shape index (κ1) is 21.9. The molecule has 1 aromatic rings. The fourth-order valence-electron chi connectivity index (χ4n) is 9.58. The number of aromatic hydroxyl groups is 1. The third-order valence-corrected chi connectivity index (χ3v) is 11.9. The minimum atomic E-state index is -0.909. The molecule has 2 aliphatic heterocycles. The fraction of sp³-hybridized carbons (Fsp3) is 0.793. The maximum atomic E-state index is 12.2. The SMILES string of the molecule is CO[C@@]12CC[C@@]3(CC1[C@@](C)(O)C(C)(C)C)[C@H]1Cc4ccc(O)c5c4[C@@]3(CCN1CC1CC1)[C@H]2O5. The highest BCUT2D eigenvalue weighted by Crippen LogP contribution is 2.78. The van der Waals surface area contributed by atoms with Gasteiger partial charge in [0, 0.05) is 42.0 Å². The summed E-state index contributed by atoms with van der Waals surface area (Å²) in [6.45, 7) is 10.8. The molecule has 2 spiro atoms. The zero-order valence-electron chi connectivity index (χ0n) is 21.5. The molecule has 186 valence electrons. The second-order valence-electron chi connectivity index (χ2n) is 13.8. The van der Waals surface area contributed by atoms with Gasteiger partial charge in [0.15, 0.2) is 11.5 Å². The van der Waals surface area contributed by atoms with Crippen LogP contribution in [-0.2, 0) is 16.6 Å². The van der Waals surface area contributed by atoms with Gasteiger partial charge in [-0.1, -0.05) is 26.8 Å². The fourth-order valence-corrected chi connectivity index (χ4v) is 9.58. The summed E-state index contributed by atoms with van der Waals surface area (Å²) < 4.78 is 13.5. The van der Waals surface area contributed by atoms with Crippen molar-refractivity contribution in [2.24, 2.45) is 22.7 Å². The first-order chi connectivity index (χ1) is 16.0. The summed E-state index contributed by atoms with van der Waals surface area (Å²) in [7, 11) is 1.83. The lowest BCUT2D eigenvalue weighted by Gasteiger charge is -2.75. The molecule has 2 N–H and O–H groups in total. The zero-order valence-corrected chi connectivity index (χ0v) is 21.5. The second-order valence-corrected chi connectivity index (χ2v) is 13.8. The van der Waals surface area contributed by atoms with Gasteiger partial charge in [-0.3, -0.25) is 4.90 Å². The van der Waals surface area contributed by atoms with Crippen LogP contribution >= 0.6 is 0 Å². The van der Waals surface area contributed by atoms with Crippen LogP contribution < -0.4 is 4.74 Å². The lowest BCUT2D eigenvalue weighted by Crippen LogP contribution is -2.83. The number of likely N-dealkylation sites (tertiary alicyclic amines) is 1. The van der Waals surface area contributed by atoms with Crippen LogP contribution in [0, 0.1) is 22.7 Å². The first-order valence-corrected chi connectivity index (χ1v) is 13.6. The molecule has 8 rings (SSSR count). The van der Waals surface area contributed by atoms with Gasteiger partial charge < -0.3 is 19.7 Å². The predicted octanol–water partition coefficient (Wildman–Crippen LogP) is 4.41. The van der Waals surface area contributed by atoms with E-state index >= 15 is 0 Å². The van der Waals surface area contributed by atoms with Gasteiger partial charge in [-0.15, -0.1) is 0 Å². The summed E-state index contributed by atoms with van der Waals surface area (Å²) in [4.78, 5) is 2.82. The minimum Gasteiger partial charge on any atom is -0.504 e. The molecule has 1 aromatic carbocycles. The van der Waals surface area contributed by atoms with E-state index in [1.807, 2.05) is 20.1 Å². The number of aliphatic hydroxyl groups is 1. The number of phenolic OH excluding ortho intramolecular Hbond substituents is 1. The maximum absolute atomic E-state index is 12.2. The van der Waals surface area contributed by atoms with Gasteiger partial charge in [0.1, 0.15) is 11.7 Å². The molecule has 5 aliphatic carbocycles. The second kappa shape index (κ2) is 6.33. The van der Waals surface area contributed by atoms with Crippen LogP contribution in [0.25, 0.3) is 0 Å². The molecule has 7 aliphatic rings. The summed E-state index contributed by atoms with van der Waals surface area (Å²) in [5.41, 5.74) is 0.783. The Morgan fingerprint density at radius 3 is 2.59 bits per heavy atom. The van der Waals surface area contributed by atoms with Crippen LogP contribution in [0.4, 0.5) is 0 Å². The number of rotatable bonds is 4. The van der Waals surface area contributed by atoms with Gasteiger partial charge in [-0.05, 0) is 81.4 Å². The van der Waals surface area contributed by atoms with Crippen molar-refractivity contribution in [1.29, 1.82) is 0 Å². The average Bonchev–Trinajstić information content (AvgIpc) is 3.53. The van der Waals surface area contributed by atoms with Crippen LogP contribution in [-0.4, -0.2) is 58.7 Å². The quantitative estimate of drug-likeness (QED) is 0.687. The number of ether oxygens (including phenoxy) is 2. The molecule has 5 nitrogen and oxygen atoms in total. The molecule has 1 unspecified atom stereocenters. The Hall–Kier alpha value is -1.30. The van der Waals surface area contributed by atoms with Crippen LogP contribution in [0.1, 0.15) is 77.3 Å². The number of piperidine rings is 1. The van der Waals surface area contributed by atoms with E-state index in [1.54, 1.807) is 0 Å². The van der Waals surface area contributed by atoms with Crippen molar-refractivity contribution in [2.45, 2.75) is 101 Å². The Morgan fingerprint density at radius 2 is 1.91 bits per heavy atom. The number of hydrogen-bond acceptors (Lipinski definition) is 5. The highest BCUT2D eigenvalue weighted by Gasteiger charge is 2.82. The largest absolute Gasteiger partial charge is 0.504 e. The Bertz CT molecular complexity index is 1060. The van der Waals surface area contributed by atoms with Gasteiger partial charge in [0.05, 0.1) is 5.60 Å². The molecule has 0 amide bonds. The van der Waals surface area contributed by atoms with Gasteiger partial charge in [0.2, 0.25) is 0 Å². The summed E-state index contributed by atoms with van der Waals surface area (Å²) in [5, 5.41) is 23.2. The van der Waals surface area contributed by atoms with Gasteiger partial charge in [-0.25, -0.2) is 0 Å². The Kier molecular flexibility index (Phi) is 4.08. The molecule has 34 heavy (non-hydrogen) atoms. The van der Waals surface area contributed by atoms with Crippen LogP contribution in [0.2, 0.25) is 0 Å². The number of fused-ring (bicyclic) bond motifs is 2. The summed E-state index contributed by atoms with van der Waals surface area (Å²) in [6.07, 6.45) is 7.64. The predicted molar refractivity (Wildman–Crippen MR) is 130 cm³/mol. The van der Waals surface area contributed by atoms with Crippen molar-refractivity contribution >= 4 is 0 Å². The van der Waals surface area contributed by atoms with Crippen LogP contribution in [0.3, 0.4) is 0 Å². The van der Waals surface area contributed by atoms with E-state index in [-0.39, 0.29) is 34.0 Å². The van der Waals surface area contributed by atoms with Gasteiger partial charge in [-0.2, -0.15) is 0 Å². The number of benzene rings is 1.